The molecule has 1 aliphatic heterocycles. The van der Waals surface area contributed by atoms with Crippen molar-refractivity contribution in [1.29, 1.82) is 0 Å². The maximum atomic E-state index is 12.7. The second-order valence-electron chi connectivity index (χ2n) is 6.71. The number of benzene rings is 1. The van der Waals surface area contributed by atoms with E-state index in [-0.39, 0.29) is 30.3 Å². The molecule has 1 heterocycles. The Morgan fingerprint density at radius 2 is 1.80 bits per heavy atom. The van der Waals surface area contributed by atoms with Crippen molar-refractivity contribution in [2.45, 2.75) is 45.3 Å². The van der Waals surface area contributed by atoms with Crippen molar-refractivity contribution in [2.75, 3.05) is 7.05 Å². The summed E-state index contributed by atoms with van der Waals surface area (Å²) in [4.78, 5) is 26.7. The first-order valence-corrected chi connectivity index (χ1v) is 8.75. The van der Waals surface area contributed by atoms with Crippen LogP contribution in [0.3, 0.4) is 0 Å². The first-order chi connectivity index (χ1) is 11.9. The van der Waals surface area contributed by atoms with Crippen LogP contribution >= 0.6 is 0 Å². The Morgan fingerprint density at radius 1 is 1.12 bits per heavy atom. The summed E-state index contributed by atoms with van der Waals surface area (Å²) in [7, 11) is 1.77. The zero-order valence-electron chi connectivity index (χ0n) is 15.3. The van der Waals surface area contributed by atoms with Crippen LogP contribution in [0.5, 0.6) is 0 Å². The van der Waals surface area contributed by atoms with Gasteiger partial charge in [0.15, 0.2) is 0 Å². The third-order valence-corrected chi connectivity index (χ3v) is 4.70. The maximum Gasteiger partial charge on any atom is 0.306 e. The van der Waals surface area contributed by atoms with E-state index in [1.165, 1.54) is 0 Å². The Hall–Kier alpha value is -2.36. The number of hydrogen-bond acceptors (Lipinski definition) is 3. The molecule has 0 fully saturated rings. The maximum absolute atomic E-state index is 12.7. The highest BCUT2D eigenvalue weighted by Crippen LogP contribution is 2.27. The molecule has 0 saturated carbocycles. The topological polar surface area (TPSA) is 46.6 Å². The highest BCUT2D eigenvalue weighted by atomic mass is 16.5. The van der Waals surface area contributed by atoms with Crippen molar-refractivity contribution in [3.63, 3.8) is 0 Å². The van der Waals surface area contributed by atoms with E-state index in [9.17, 15) is 9.59 Å². The SMILES string of the molecule is C=C1/C=C/C[C@@H](C)C(=O)N(C)[C@H](C)[C@@H](c2ccccc2)OC(=O)CC1. The number of nitrogens with zero attached hydrogens (tertiary/aromatic N) is 1. The zero-order valence-corrected chi connectivity index (χ0v) is 15.3. The van der Waals surface area contributed by atoms with Gasteiger partial charge in [-0.2, -0.15) is 0 Å². The number of likely N-dealkylation sites (N-methyl/N-ethyl adjacent to an activating group) is 1. The van der Waals surface area contributed by atoms with Crippen LogP contribution in [0, 0.1) is 5.92 Å². The predicted molar refractivity (Wildman–Crippen MR) is 98.8 cm³/mol. The summed E-state index contributed by atoms with van der Waals surface area (Å²) >= 11 is 0. The number of rotatable bonds is 1. The average molecular weight is 341 g/mol. The Kier molecular flexibility index (Phi) is 6.57. The summed E-state index contributed by atoms with van der Waals surface area (Å²) in [6.07, 6.45) is 4.86. The van der Waals surface area contributed by atoms with Crippen molar-refractivity contribution in [1.82, 2.24) is 4.90 Å². The van der Waals surface area contributed by atoms with Crippen LogP contribution < -0.4 is 0 Å². The molecule has 0 aliphatic carbocycles. The van der Waals surface area contributed by atoms with E-state index in [2.05, 4.69) is 6.58 Å². The minimum Gasteiger partial charge on any atom is -0.455 e. The number of cyclic esters (lactones) is 1. The summed E-state index contributed by atoms with van der Waals surface area (Å²) in [5.41, 5.74) is 1.76. The van der Waals surface area contributed by atoms with Gasteiger partial charge in [-0.1, -0.05) is 61.6 Å². The van der Waals surface area contributed by atoms with Gasteiger partial charge in [-0.05, 0) is 25.3 Å². The fourth-order valence-electron chi connectivity index (χ4n) is 2.93. The number of ether oxygens (including phenoxy) is 1. The van der Waals surface area contributed by atoms with E-state index in [0.717, 1.165) is 11.1 Å². The average Bonchev–Trinajstić information content (AvgIpc) is 2.63. The molecule has 0 saturated heterocycles. The molecule has 3 atom stereocenters. The molecular weight excluding hydrogens is 314 g/mol. The van der Waals surface area contributed by atoms with E-state index in [0.29, 0.717) is 12.8 Å². The van der Waals surface area contributed by atoms with Gasteiger partial charge in [0.1, 0.15) is 6.10 Å². The Balaban J connectivity index is 2.33. The van der Waals surface area contributed by atoms with Crippen LogP contribution in [0.25, 0.3) is 0 Å². The molecule has 1 aromatic rings. The second kappa shape index (κ2) is 8.65. The molecule has 2 rings (SSSR count). The van der Waals surface area contributed by atoms with Gasteiger partial charge < -0.3 is 9.64 Å². The Bertz CT molecular complexity index is 650. The molecule has 0 bridgehead atoms. The van der Waals surface area contributed by atoms with Crippen molar-refractivity contribution in [3.8, 4) is 0 Å². The molecule has 1 amide bonds. The molecule has 0 N–H and O–H groups in total. The van der Waals surface area contributed by atoms with Crippen molar-refractivity contribution < 1.29 is 14.3 Å². The molecule has 0 spiro atoms. The highest BCUT2D eigenvalue weighted by Gasteiger charge is 2.30. The van der Waals surface area contributed by atoms with Gasteiger partial charge in [0.25, 0.3) is 0 Å². The second-order valence-corrected chi connectivity index (χ2v) is 6.71. The van der Waals surface area contributed by atoms with Crippen LogP contribution in [0.4, 0.5) is 0 Å². The molecule has 0 aromatic heterocycles. The van der Waals surface area contributed by atoms with Gasteiger partial charge in [-0.3, -0.25) is 9.59 Å². The summed E-state index contributed by atoms with van der Waals surface area (Å²) < 4.78 is 5.77. The normalized spacial score (nSPS) is 27.7. The fourth-order valence-corrected chi connectivity index (χ4v) is 2.93. The number of esters is 1. The largest absolute Gasteiger partial charge is 0.455 e. The summed E-state index contributed by atoms with van der Waals surface area (Å²) in [5.74, 6) is -0.369. The van der Waals surface area contributed by atoms with Crippen LogP contribution in [0.2, 0.25) is 0 Å². The van der Waals surface area contributed by atoms with E-state index >= 15 is 0 Å². The molecule has 4 heteroatoms. The zero-order chi connectivity index (χ0) is 18.4. The highest BCUT2D eigenvalue weighted by molar-refractivity contribution is 5.79. The first-order valence-electron chi connectivity index (χ1n) is 8.75. The number of carbonyl (C=O) groups is 2. The van der Waals surface area contributed by atoms with Crippen molar-refractivity contribution in [3.05, 3.63) is 60.2 Å². The molecule has 1 aliphatic rings. The van der Waals surface area contributed by atoms with Gasteiger partial charge >= 0.3 is 5.97 Å². The van der Waals surface area contributed by atoms with Gasteiger partial charge in [0.05, 0.1) is 6.04 Å². The lowest BCUT2D eigenvalue weighted by Crippen LogP contribution is -2.42. The van der Waals surface area contributed by atoms with E-state index in [4.69, 9.17) is 4.74 Å². The number of allylic oxidation sites excluding steroid dienone is 3. The lowest BCUT2D eigenvalue weighted by molar-refractivity contribution is -0.156. The standard InChI is InChI=1S/C21H27NO3/c1-15-9-8-10-16(2)21(24)22(4)17(3)20(25-19(23)14-13-15)18-11-6-5-7-12-18/h5-9,11-12,16-17,20H,1,10,13-14H2,2-4H3/b9-8+/t16-,17-,20+/m1/s1. The van der Waals surface area contributed by atoms with Gasteiger partial charge in [0, 0.05) is 19.4 Å². The van der Waals surface area contributed by atoms with Crippen molar-refractivity contribution >= 4 is 11.9 Å². The first kappa shape index (κ1) is 19.0. The van der Waals surface area contributed by atoms with Gasteiger partial charge in [-0.25, -0.2) is 0 Å². The molecule has 134 valence electrons. The van der Waals surface area contributed by atoms with Crippen LogP contribution in [0.1, 0.15) is 44.8 Å². The predicted octanol–water partition coefficient (Wildman–Crippen LogP) is 4.05. The molecule has 0 radical (unpaired) electrons. The smallest absolute Gasteiger partial charge is 0.306 e. The number of amides is 1. The van der Waals surface area contributed by atoms with E-state index in [1.54, 1.807) is 11.9 Å². The Morgan fingerprint density at radius 3 is 2.48 bits per heavy atom. The van der Waals surface area contributed by atoms with Crippen LogP contribution in [-0.2, 0) is 14.3 Å². The van der Waals surface area contributed by atoms with Crippen LogP contribution in [0.15, 0.2) is 54.6 Å². The third kappa shape index (κ3) is 5.05. The van der Waals surface area contributed by atoms with Gasteiger partial charge in [0.2, 0.25) is 5.91 Å². The molecule has 1 aromatic carbocycles. The fraction of sp³-hybridized carbons (Fsp3) is 0.429. The van der Waals surface area contributed by atoms with E-state index < -0.39 is 6.10 Å². The minimum atomic E-state index is -0.489. The molecule has 0 unspecified atom stereocenters. The lowest BCUT2D eigenvalue weighted by Gasteiger charge is -2.33. The van der Waals surface area contributed by atoms with Crippen molar-refractivity contribution in [2.24, 2.45) is 5.92 Å². The molecule has 25 heavy (non-hydrogen) atoms. The van der Waals surface area contributed by atoms with Gasteiger partial charge in [-0.15, -0.1) is 0 Å². The quantitative estimate of drug-likeness (QED) is 0.724. The number of hydrogen-bond donors (Lipinski definition) is 0. The molecular formula is C21H27NO3. The number of carbonyl (C=O) groups excluding carboxylic acids is 2. The summed E-state index contributed by atoms with van der Waals surface area (Å²) in [5, 5.41) is 0. The van der Waals surface area contributed by atoms with Crippen LogP contribution in [-0.4, -0.2) is 29.9 Å². The molecule has 4 nitrogen and oxygen atoms in total. The Labute approximate surface area is 150 Å². The van der Waals surface area contributed by atoms with E-state index in [1.807, 2.05) is 56.3 Å². The monoisotopic (exact) mass is 341 g/mol. The minimum absolute atomic E-state index is 0.0407. The summed E-state index contributed by atoms with van der Waals surface area (Å²) in [6.45, 7) is 7.80. The summed E-state index contributed by atoms with van der Waals surface area (Å²) in [6, 6.07) is 9.33. The third-order valence-electron chi connectivity index (χ3n) is 4.70. The lowest BCUT2D eigenvalue weighted by atomic mass is 9.99.